The molecule has 16 aromatic rings. The van der Waals surface area contributed by atoms with Gasteiger partial charge in [-0.25, -0.2) is 0 Å². The molecule has 0 bridgehead atoms. The van der Waals surface area contributed by atoms with Crippen molar-refractivity contribution in [1.82, 2.24) is 9.13 Å². The van der Waals surface area contributed by atoms with Crippen molar-refractivity contribution in [3.63, 3.8) is 0 Å². The third-order valence-electron chi connectivity index (χ3n) is 21.2. The average Bonchev–Trinajstić information content (AvgIpc) is 1.54. The van der Waals surface area contributed by atoms with Gasteiger partial charge in [-0.05, 0) is 139 Å². The summed E-state index contributed by atoms with van der Waals surface area (Å²) in [7, 11) is 0. The molecule has 4 nitrogen and oxygen atoms in total. The molecule has 0 N–H and O–H groups in total. The molecule has 12 aromatic carbocycles. The Morgan fingerprint density at radius 1 is 0.311 bits per heavy atom. The van der Waals surface area contributed by atoms with Crippen molar-refractivity contribution in [2.75, 3.05) is 0 Å². The topological polar surface area (TPSA) is 36.1 Å². The molecule has 4 heterocycles. The van der Waals surface area contributed by atoms with E-state index in [0.29, 0.717) is 0 Å². The highest BCUT2D eigenvalue weighted by molar-refractivity contribution is 6.11. The largest absolute Gasteiger partial charge is 0.455 e. The lowest BCUT2D eigenvalue weighted by Crippen LogP contribution is -2.15. The summed E-state index contributed by atoms with van der Waals surface area (Å²) in [5.41, 5.74) is 34.9. The molecule has 4 aliphatic rings. The molecule has 4 aromatic heterocycles. The van der Waals surface area contributed by atoms with Gasteiger partial charge in [0.1, 0.15) is 22.3 Å². The first-order valence-electron chi connectivity index (χ1n) is 31.8. The Labute approximate surface area is 530 Å². The summed E-state index contributed by atoms with van der Waals surface area (Å²) < 4.78 is 17.9. The Kier molecular flexibility index (Phi) is 10.4. The third kappa shape index (κ3) is 6.91. The molecule has 0 atom stereocenters. The molecule has 0 unspecified atom stereocenters. The second kappa shape index (κ2) is 18.2. The highest BCUT2D eigenvalue weighted by Gasteiger charge is 2.42. The second-order valence-electron chi connectivity index (χ2n) is 27.1. The number of hydrogen-bond donors (Lipinski definition) is 0. The van der Waals surface area contributed by atoms with Gasteiger partial charge in [-0.2, -0.15) is 0 Å². The van der Waals surface area contributed by atoms with E-state index in [9.17, 15) is 0 Å². The highest BCUT2D eigenvalue weighted by atomic mass is 16.3. The van der Waals surface area contributed by atoms with Crippen LogP contribution in [0.1, 0.15) is 93.2 Å². The SMILES string of the molecule is CC1(C)c2cc(-c3cccc4c3oc3ccccc34)ccc2-c2ccc(-n3c4c(c5ccccc53)C(C)(C)c3ccccc3-4)cc21.CC1(C)c2cc(-c3cccc4c3oc3ccccc34)ccc2-c2ccc(-n3c4c(c5ccccc53)Cc3ccccc3-4)cc21.[HH].[HH].[HH].[HH].[HH]. The van der Waals surface area contributed by atoms with Crippen molar-refractivity contribution in [2.24, 2.45) is 0 Å². The van der Waals surface area contributed by atoms with E-state index < -0.39 is 0 Å². The zero-order chi connectivity index (χ0) is 60.1. The predicted molar refractivity (Wildman–Crippen MR) is 383 cm³/mol. The molecule has 0 amide bonds. The van der Waals surface area contributed by atoms with Crippen LogP contribution in [0.4, 0.5) is 0 Å². The summed E-state index contributed by atoms with van der Waals surface area (Å²) in [6, 6.07) is 93.6. The van der Waals surface area contributed by atoms with Gasteiger partial charge in [0.2, 0.25) is 0 Å². The molecule has 0 saturated heterocycles. The van der Waals surface area contributed by atoms with E-state index in [-0.39, 0.29) is 23.4 Å². The zero-order valence-corrected chi connectivity index (χ0v) is 51.2. The molecule has 0 aliphatic heterocycles. The van der Waals surface area contributed by atoms with E-state index in [1.54, 1.807) is 0 Å². The Bertz CT molecular complexity index is 5830. The van der Waals surface area contributed by atoms with Crippen molar-refractivity contribution in [3.05, 3.63) is 299 Å². The lowest BCUT2D eigenvalue weighted by molar-refractivity contribution is 0.659. The first-order chi connectivity index (χ1) is 43.9. The van der Waals surface area contributed by atoms with Crippen LogP contribution in [0, 0.1) is 0 Å². The average molecular weight is 1170 g/mol. The van der Waals surface area contributed by atoms with E-state index >= 15 is 0 Å². The third-order valence-corrected chi connectivity index (χ3v) is 21.2. The van der Waals surface area contributed by atoms with Gasteiger partial charge in [0, 0.05) is 95.7 Å². The summed E-state index contributed by atoms with van der Waals surface area (Å²) in [5.74, 6) is 0. The molecule has 0 fully saturated rings. The first kappa shape index (κ1) is 51.4. The Morgan fingerprint density at radius 2 is 0.733 bits per heavy atom. The van der Waals surface area contributed by atoms with Gasteiger partial charge in [0.15, 0.2) is 0 Å². The molecule has 0 radical (unpaired) electrons. The summed E-state index contributed by atoms with van der Waals surface area (Å²) in [5, 5.41) is 7.35. The molecule has 0 saturated carbocycles. The molecule has 438 valence electrons. The number of hydrogen-bond acceptors (Lipinski definition) is 2. The van der Waals surface area contributed by atoms with Gasteiger partial charge >= 0.3 is 0 Å². The highest BCUT2D eigenvalue weighted by Crippen LogP contribution is 2.57. The summed E-state index contributed by atoms with van der Waals surface area (Å²) >= 11 is 0. The molecular weight excluding hydrogens is 1090 g/mol. The van der Waals surface area contributed by atoms with E-state index in [4.69, 9.17) is 8.83 Å². The van der Waals surface area contributed by atoms with Gasteiger partial charge in [-0.15, -0.1) is 0 Å². The van der Waals surface area contributed by atoms with E-state index in [1.807, 2.05) is 12.1 Å². The first-order valence-corrected chi connectivity index (χ1v) is 31.8. The number of nitrogens with zero attached hydrogens (tertiary/aromatic N) is 2. The fraction of sp³-hybridized carbons (Fsp3) is 0.116. The van der Waals surface area contributed by atoms with Crippen molar-refractivity contribution in [1.29, 1.82) is 0 Å². The standard InChI is InChI=1S/C44H33NO.C42H29NO.5H2/c1-43(2)36-24-26(28-15-11-16-32-31-12-7-10-19-39(31)46-42(28)32)20-22-29(36)30-23-21-27(25-37(30)43)45-38-18-9-6-14-34(38)40-41(45)33-13-5-8-17-35(33)44(40,3)4;1-42(2)36-23-26(29-14-9-15-34-33-13-6-8-17-39(33)44-41(29)34)18-20-30(36)31-21-19-27(24-37(31)42)43-38-16-7-5-12-32(38)35-22-25-10-3-4-11-28(25)40(35)43;;;;;/h5-25H,1-4H3;3-21,23-24H,22H2,1-2H3;5*1H. The normalized spacial score (nSPS) is 14.8. The summed E-state index contributed by atoms with van der Waals surface area (Å²) in [6.07, 6.45) is 0.988. The van der Waals surface area contributed by atoms with Crippen molar-refractivity contribution < 1.29 is 16.0 Å². The van der Waals surface area contributed by atoms with Gasteiger partial charge in [-0.3, -0.25) is 0 Å². The van der Waals surface area contributed by atoms with E-state index in [2.05, 4.69) is 293 Å². The van der Waals surface area contributed by atoms with Gasteiger partial charge in [0.25, 0.3) is 0 Å². The van der Waals surface area contributed by atoms with Gasteiger partial charge in [-0.1, -0.05) is 236 Å². The molecule has 90 heavy (non-hydrogen) atoms. The smallest absolute Gasteiger partial charge is 0.143 e. The molecular formula is C86H72N2O2. The van der Waals surface area contributed by atoms with Gasteiger partial charge < -0.3 is 18.0 Å². The Morgan fingerprint density at radius 3 is 1.31 bits per heavy atom. The fourth-order valence-corrected chi connectivity index (χ4v) is 16.9. The van der Waals surface area contributed by atoms with Crippen LogP contribution in [0.15, 0.2) is 264 Å². The quantitative estimate of drug-likeness (QED) is 0.176. The van der Waals surface area contributed by atoms with E-state index in [0.717, 1.165) is 56.0 Å². The van der Waals surface area contributed by atoms with Crippen molar-refractivity contribution >= 4 is 65.7 Å². The predicted octanol–water partition coefficient (Wildman–Crippen LogP) is 24.1. The van der Waals surface area contributed by atoms with Crippen LogP contribution in [-0.2, 0) is 22.7 Å². The van der Waals surface area contributed by atoms with Crippen molar-refractivity contribution in [2.45, 2.75) is 64.2 Å². The molecule has 4 aliphatic carbocycles. The minimum absolute atomic E-state index is 0. The Balaban J connectivity index is 0.000000156. The molecule has 0 spiro atoms. The van der Waals surface area contributed by atoms with E-state index in [1.165, 1.54) is 139 Å². The second-order valence-corrected chi connectivity index (χ2v) is 27.1. The maximum Gasteiger partial charge on any atom is 0.143 e. The number of aromatic nitrogens is 2. The number of furan rings is 2. The number of benzene rings is 12. The lowest BCUT2D eigenvalue weighted by Gasteiger charge is -2.23. The van der Waals surface area contributed by atoms with Crippen LogP contribution in [-0.4, -0.2) is 9.13 Å². The van der Waals surface area contributed by atoms with Crippen LogP contribution in [0.2, 0.25) is 0 Å². The van der Waals surface area contributed by atoms with Crippen LogP contribution < -0.4 is 0 Å². The molecule has 20 rings (SSSR count). The zero-order valence-electron chi connectivity index (χ0n) is 51.2. The van der Waals surface area contributed by atoms with Crippen LogP contribution >= 0.6 is 0 Å². The number of para-hydroxylation sites is 6. The van der Waals surface area contributed by atoms with Crippen LogP contribution in [0.5, 0.6) is 0 Å². The summed E-state index contributed by atoms with van der Waals surface area (Å²) in [6.45, 7) is 14.3. The fourth-order valence-electron chi connectivity index (χ4n) is 16.9. The minimum Gasteiger partial charge on any atom is -0.455 e. The number of rotatable bonds is 4. The lowest BCUT2D eigenvalue weighted by atomic mass is 9.81. The minimum atomic E-state index is -0.165. The van der Waals surface area contributed by atoms with Crippen LogP contribution in [0.3, 0.4) is 0 Å². The monoisotopic (exact) mass is 1160 g/mol. The molecule has 4 heteroatoms. The maximum atomic E-state index is 6.44. The maximum absolute atomic E-state index is 6.44. The summed E-state index contributed by atoms with van der Waals surface area (Å²) in [4.78, 5) is 0. The van der Waals surface area contributed by atoms with Crippen molar-refractivity contribution in [3.8, 4) is 78.4 Å². The van der Waals surface area contributed by atoms with Crippen LogP contribution in [0.25, 0.3) is 144 Å². The Hall–Kier alpha value is -10.7. The van der Waals surface area contributed by atoms with Gasteiger partial charge in [0.05, 0.1) is 22.4 Å². The number of fused-ring (bicyclic) bond motifs is 22.